The highest BCUT2D eigenvalue weighted by Gasteiger charge is 1.99. The van der Waals surface area contributed by atoms with Crippen LogP contribution < -0.4 is 6.15 Å². The van der Waals surface area contributed by atoms with Gasteiger partial charge in [0.25, 0.3) is 5.69 Å². The Bertz CT molecular complexity index is 211. The summed E-state index contributed by atoms with van der Waals surface area (Å²) < 4.78 is 0. The van der Waals surface area contributed by atoms with E-state index in [0.717, 1.165) is 0 Å². The summed E-state index contributed by atoms with van der Waals surface area (Å²) in [6.45, 7) is 0. The predicted molar refractivity (Wildman–Crippen MR) is 35.9 cm³/mol. The van der Waals surface area contributed by atoms with Gasteiger partial charge in [-0.1, -0.05) is 0 Å². The quantitative estimate of drug-likeness (QED) is 0.469. The van der Waals surface area contributed by atoms with Gasteiger partial charge in [-0.05, 0) is 0 Å². The number of aromatic nitrogens is 1. The lowest BCUT2D eigenvalue weighted by atomic mass is 10.4. The van der Waals surface area contributed by atoms with E-state index in [4.69, 9.17) is 0 Å². The van der Waals surface area contributed by atoms with Crippen molar-refractivity contribution in [3.63, 3.8) is 0 Å². The van der Waals surface area contributed by atoms with Crippen LogP contribution in [0.5, 0.6) is 0 Å². The fraction of sp³-hybridized carbons (Fsp3) is 0. The molecule has 0 aliphatic rings. The summed E-state index contributed by atoms with van der Waals surface area (Å²) in [5.41, 5.74) is 0.0741. The minimum Gasteiger partial charge on any atom is -0.344 e. The molecule has 54 valence electrons. The van der Waals surface area contributed by atoms with Crippen LogP contribution in [0.25, 0.3) is 0 Å². The minimum atomic E-state index is -0.457. The van der Waals surface area contributed by atoms with Crippen LogP contribution in [-0.2, 0) is 0 Å². The predicted octanol–water partition coefficient (Wildman–Crippen LogP) is 1.15. The zero-order valence-corrected chi connectivity index (χ0v) is 5.23. The van der Waals surface area contributed by atoms with Crippen molar-refractivity contribution in [3.05, 3.63) is 34.6 Å². The van der Waals surface area contributed by atoms with Gasteiger partial charge in [0.15, 0.2) is 0 Å². The molecule has 0 unspecified atom stereocenters. The van der Waals surface area contributed by atoms with Crippen molar-refractivity contribution in [1.29, 1.82) is 0 Å². The molecule has 0 aliphatic heterocycles. The molecule has 0 amide bonds. The van der Waals surface area contributed by atoms with Gasteiger partial charge >= 0.3 is 0 Å². The highest BCUT2D eigenvalue weighted by molar-refractivity contribution is 5.24. The molecule has 0 atom stereocenters. The SMILES string of the molecule is N.O=[N+]([O-])c1ccncc1. The molecule has 3 N–H and O–H groups in total. The van der Waals surface area contributed by atoms with Gasteiger partial charge in [0, 0.05) is 24.5 Å². The first-order valence-corrected chi connectivity index (χ1v) is 2.35. The lowest BCUT2D eigenvalue weighted by Crippen LogP contribution is -1.85. The van der Waals surface area contributed by atoms with Crippen molar-refractivity contribution in [2.24, 2.45) is 0 Å². The molecule has 0 aliphatic carbocycles. The maximum absolute atomic E-state index is 9.98. The van der Waals surface area contributed by atoms with Crippen LogP contribution in [-0.4, -0.2) is 9.91 Å². The zero-order chi connectivity index (χ0) is 6.69. The Morgan fingerprint density at radius 1 is 1.40 bits per heavy atom. The minimum absolute atomic E-state index is 0. The van der Waals surface area contributed by atoms with E-state index in [1.54, 1.807) is 0 Å². The first-order chi connectivity index (χ1) is 4.30. The van der Waals surface area contributed by atoms with Gasteiger partial charge in [-0.3, -0.25) is 15.1 Å². The molecule has 5 heteroatoms. The Labute approximate surface area is 57.4 Å². The van der Waals surface area contributed by atoms with E-state index in [9.17, 15) is 10.1 Å². The van der Waals surface area contributed by atoms with E-state index in [1.165, 1.54) is 24.5 Å². The summed E-state index contributed by atoms with van der Waals surface area (Å²) in [5, 5.41) is 9.98. The Balaban J connectivity index is 0.000000810. The summed E-state index contributed by atoms with van der Waals surface area (Å²) >= 11 is 0. The molecular formula is C5H7N3O2. The third kappa shape index (κ3) is 1.79. The maximum Gasteiger partial charge on any atom is 0.272 e. The summed E-state index contributed by atoms with van der Waals surface area (Å²) in [4.78, 5) is 13.1. The fourth-order valence-electron chi connectivity index (χ4n) is 0.466. The molecular weight excluding hydrogens is 134 g/mol. The van der Waals surface area contributed by atoms with Gasteiger partial charge < -0.3 is 6.15 Å². The molecule has 1 rings (SSSR count). The second-order valence-electron chi connectivity index (χ2n) is 1.46. The van der Waals surface area contributed by atoms with Crippen LogP contribution in [0.4, 0.5) is 5.69 Å². The smallest absolute Gasteiger partial charge is 0.272 e. The van der Waals surface area contributed by atoms with Gasteiger partial charge in [0.1, 0.15) is 0 Å². The van der Waals surface area contributed by atoms with Crippen LogP contribution in [0.15, 0.2) is 24.5 Å². The third-order valence-electron chi connectivity index (χ3n) is 0.874. The van der Waals surface area contributed by atoms with E-state index in [1.807, 2.05) is 0 Å². The lowest BCUT2D eigenvalue weighted by Gasteiger charge is -1.84. The molecule has 0 radical (unpaired) electrons. The number of hydrogen-bond donors (Lipinski definition) is 1. The topological polar surface area (TPSA) is 91.0 Å². The molecule has 1 heterocycles. The Hall–Kier alpha value is -1.49. The molecule has 1 aromatic rings. The Morgan fingerprint density at radius 3 is 2.20 bits per heavy atom. The van der Waals surface area contributed by atoms with Crippen molar-refractivity contribution in [2.45, 2.75) is 0 Å². The number of hydrogen-bond acceptors (Lipinski definition) is 4. The molecule has 0 spiro atoms. The number of nitro groups is 1. The zero-order valence-electron chi connectivity index (χ0n) is 5.23. The van der Waals surface area contributed by atoms with Crippen LogP contribution >= 0.6 is 0 Å². The van der Waals surface area contributed by atoms with Crippen molar-refractivity contribution >= 4 is 5.69 Å². The van der Waals surface area contributed by atoms with Crippen molar-refractivity contribution < 1.29 is 4.92 Å². The third-order valence-corrected chi connectivity index (χ3v) is 0.874. The average Bonchev–Trinajstić information content (AvgIpc) is 1.90. The second-order valence-corrected chi connectivity index (χ2v) is 1.46. The highest BCUT2D eigenvalue weighted by atomic mass is 16.6. The van der Waals surface area contributed by atoms with E-state index < -0.39 is 4.92 Å². The Morgan fingerprint density at radius 2 is 1.90 bits per heavy atom. The molecule has 0 fully saturated rings. The normalized spacial score (nSPS) is 8.00. The first kappa shape index (κ1) is 8.51. The summed E-state index contributed by atoms with van der Waals surface area (Å²) in [6.07, 6.45) is 2.77. The van der Waals surface area contributed by atoms with Gasteiger partial charge in [-0.15, -0.1) is 0 Å². The fourth-order valence-corrected chi connectivity index (χ4v) is 0.466. The molecule has 0 bridgehead atoms. The van der Waals surface area contributed by atoms with E-state index in [0.29, 0.717) is 0 Å². The maximum atomic E-state index is 9.98. The largest absolute Gasteiger partial charge is 0.344 e. The van der Waals surface area contributed by atoms with Crippen LogP contribution in [0.1, 0.15) is 0 Å². The lowest BCUT2D eigenvalue weighted by molar-refractivity contribution is -0.384. The van der Waals surface area contributed by atoms with Crippen LogP contribution in [0.2, 0.25) is 0 Å². The molecule has 10 heavy (non-hydrogen) atoms. The van der Waals surface area contributed by atoms with E-state index in [2.05, 4.69) is 4.98 Å². The number of pyridine rings is 1. The van der Waals surface area contributed by atoms with Crippen LogP contribution in [0.3, 0.4) is 0 Å². The summed E-state index contributed by atoms with van der Waals surface area (Å²) in [6, 6.07) is 2.69. The van der Waals surface area contributed by atoms with Gasteiger partial charge in [-0.25, -0.2) is 0 Å². The molecule has 5 nitrogen and oxygen atoms in total. The van der Waals surface area contributed by atoms with Crippen molar-refractivity contribution in [3.8, 4) is 0 Å². The average molecular weight is 141 g/mol. The Kier molecular flexibility index (Phi) is 2.99. The highest BCUT2D eigenvalue weighted by Crippen LogP contribution is 2.05. The number of nitrogens with zero attached hydrogens (tertiary/aromatic N) is 2. The van der Waals surface area contributed by atoms with E-state index in [-0.39, 0.29) is 11.8 Å². The molecule has 0 aromatic carbocycles. The van der Waals surface area contributed by atoms with Crippen molar-refractivity contribution in [2.75, 3.05) is 0 Å². The summed E-state index contributed by atoms with van der Waals surface area (Å²) in [7, 11) is 0. The molecule has 0 saturated carbocycles. The first-order valence-electron chi connectivity index (χ1n) is 2.35. The van der Waals surface area contributed by atoms with E-state index >= 15 is 0 Å². The van der Waals surface area contributed by atoms with Gasteiger partial charge in [-0.2, -0.15) is 0 Å². The van der Waals surface area contributed by atoms with Gasteiger partial charge in [0.2, 0.25) is 0 Å². The second kappa shape index (κ2) is 3.52. The monoisotopic (exact) mass is 141 g/mol. The number of rotatable bonds is 1. The standard InChI is InChI=1S/C5H4N2O2.H3N/c8-7(9)5-1-3-6-4-2-5;/h1-4H;1H3. The van der Waals surface area contributed by atoms with Crippen LogP contribution in [0, 0.1) is 10.1 Å². The van der Waals surface area contributed by atoms with Crippen molar-refractivity contribution in [1.82, 2.24) is 11.1 Å². The molecule has 1 aromatic heterocycles. The summed E-state index contributed by atoms with van der Waals surface area (Å²) in [5.74, 6) is 0. The molecule has 0 saturated heterocycles. The van der Waals surface area contributed by atoms with Gasteiger partial charge in [0.05, 0.1) is 4.92 Å².